The van der Waals surface area contributed by atoms with Crippen molar-refractivity contribution in [1.29, 1.82) is 5.26 Å². The van der Waals surface area contributed by atoms with Gasteiger partial charge < -0.3 is 20.1 Å². The van der Waals surface area contributed by atoms with E-state index in [0.717, 1.165) is 23.2 Å². The van der Waals surface area contributed by atoms with E-state index in [-0.39, 0.29) is 11.3 Å². The van der Waals surface area contributed by atoms with Crippen LogP contribution in [0.2, 0.25) is 0 Å². The first kappa shape index (κ1) is 25.4. The molecule has 1 spiro atoms. The highest BCUT2D eigenvalue weighted by Crippen LogP contribution is 2.39. The molecule has 12 heteroatoms. The molecule has 2 aromatic rings. The highest BCUT2D eigenvalue weighted by molar-refractivity contribution is 5.79. The number of carbonyl (C=O) groups is 2. The van der Waals surface area contributed by atoms with E-state index in [1.807, 2.05) is 23.2 Å². The summed E-state index contributed by atoms with van der Waals surface area (Å²) in [5.41, 5.74) is 3.34. The molecular formula is C24H24F3N5O4. The third-order valence-electron chi connectivity index (χ3n) is 6.30. The number of carboxylic acid groups (broad SMARTS) is 1. The van der Waals surface area contributed by atoms with Crippen molar-refractivity contribution in [1.82, 2.24) is 14.9 Å². The Morgan fingerprint density at radius 1 is 1.28 bits per heavy atom. The third-order valence-corrected chi connectivity index (χ3v) is 6.30. The first-order valence-corrected chi connectivity index (χ1v) is 11.4. The lowest BCUT2D eigenvalue weighted by Gasteiger charge is -2.34. The van der Waals surface area contributed by atoms with E-state index in [0.29, 0.717) is 50.3 Å². The summed E-state index contributed by atoms with van der Waals surface area (Å²) in [6, 6.07) is 9.81. The number of anilines is 1. The molecule has 1 aromatic carbocycles. The zero-order valence-corrected chi connectivity index (χ0v) is 19.2. The van der Waals surface area contributed by atoms with Crippen molar-refractivity contribution in [2.75, 3.05) is 25.0 Å². The monoisotopic (exact) mass is 503 g/mol. The van der Waals surface area contributed by atoms with Gasteiger partial charge in [-0.2, -0.15) is 18.4 Å². The van der Waals surface area contributed by atoms with Gasteiger partial charge in [0.2, 0.25) is 11.9 Å². The van der Waals surface area contributed by atoms with Crippen molar-refractivity contribution in [3.8, 4) is 6.07 Å². The minimum Gasteiger partial charge on any atom is -0.475 e. The summed E-state index contributed by atoms with van der Waals surface area (Å²) in [7, 11) is 0. The van der Waals surface area contributed by atoms with Gasteiger partial charge >= 0.3 is 12.1 Å². The third kappa shape index (κ3) is 5.91. The average molecular weight is 503 g/mol. The van der Waals surface area contributed by atoms with Crippen LogP contribution in [0.15, 0.2) is 30.5 Å². The number of carboxylic acids is 1. The van der Waals surface area contributed by atoms with Gasteiger partial charge in [-0.15, -0.1) is 0 Å². The molecule has 1 amide bonds. The molecule has 190 valence electrons. The van der Waals surface area contributed by atoms with Gasteiger partial charge in [0.05, 0.1) is 42.4 Å². The number of likely N-dealkylation sites (tertiary alicyclic amines) is 1. The number of nitriles is 1. The lowest BCUT2D eigenvalue weighted by Crippen LogP contribution is -2.42. The van der Waals surface area contributed by atoms with Gasteiger partial charge in [-0.25, -0.2) is 14.8 Å². The maximum atomic E-state index is 12.9. The molecule has 0 bridgehead atoms. The van der Waals surface area contributed by atoms with Crippen molar-refractivity contribution in [2.45, 2.75) is 49.9 Å². The molecule has 1 saturated heterocycles. The molecule has 1 aliphatic carbocycles. The Labute approximate surface area is 204 Å². The number of nitrogens with zero attached hydrogens (tertiary/aromatic N) is 4. The van der Waals surface area contributed by atoms with E-state index < -0.39 is 12.1 Å². The van der Waals surface area contributed by atoms with Crippen molar-refractivity contribution >= 4 is 17.8 Å². The molecular weight excluding hydrogens is 479 g/mol. The predicted molar refractivity (Wildman–Crippen MR) is 120 cm³/mol. The van der Waals surface area contributed by atoms with Crippen LogP contribution in [0.25, 0.3) is 0 Å². The van der Waals surface area contributed by atoms with Crippen LogP contribution in [0.4, 0.5) is 19.1 Å². The van der Waals surface area contributed by atoms with Crippen molar-refractivity contribution in [2.24, 2.45) is 0 Å². The van der Waals surface area contributed by atoms with Gasteiger partial charge in [0, 0.05) is 30.9 Å². The number of carbonyl (C=O) groups excluding carboxylic acids is 1. The Hall–Kier alpha value is -3.72. The van der Waals surface area contributed by atoms with Gasteiger partial charge in [0.25, 0.3) is 0 Å². The van der Waals surface area contributed by atoms with Crippen LogP contribution in [0.1, 0.15) is 41.6 Å². The first-order chi connectivity index (χ1) is 17.1. The number of hydrogen-bond donors (Lipinski definition) is 2. The second-order valence-corrected chi connectivity index (χ2v) is 9.11. The molecule has 2 aliphatic heterocycles. The summed E-state index contributed by atoms with van der Waals surface area (Å²) in [5, 5.41) is 19.4. The van der Waals surface area contributed by atoms with Gasteiger partial charge in [-0.1, -0.05) is 12.1 Å². The summed E-state index contributed by atoms with van der Waals surface area (Å²) < 4.78 is 37.6. The first-order valence-electron chi connectivity index (χ1n) is 11.4. The summed E-state index contributed by atoms with van der Waals surface area (Å²) in [4.78, 5) is 33.0. The van der Waals surface area contributed by atoms with E-state index in [2.05, 4.69) is 16.4 Å². The molecule has 3 heterocycles. The maximum Gasteiger partial charge on any atom is 0.490 e. The topological polar surface area (TPSA) is 128 Å². The lowest BCUT2D eigenvalue weighted by molar-refractivity contribution is -0.192. The van der Waals surface area contributed by atoms with Crippen LogP contribution >= 0.6 is 0 Å². The van der Waals surface area contributed by atoms with Crippen LogP contribution in [-0.4, -0.2) is 63.8 Å². The molecule has 1 unspecified atom stereocenters. The summed E-state index contributed by atoms with van der Waals surface area (Å²) in [5.74, 6) is -1.97. The second kappa shape index (κ2) is 10.1. The maximum absolute atomic E-state index is 12.9. The standard InChI is InChI=1S/C22H23N5O2.C2HF3O2/c23-10-16-3-1-15(2-4-16)9-19(28)27-8-7-22(13-27)14-29-12-17-11-24-21(26-20(17)22)25-18-5-6-18;3-2(4,5)1(6)7/h1-4,11,18H,5-9,12-14H2,(H,24,25,26);(H,6,7). The number of halogens is 3. The number of nitrogens with one attached hydrogen (secondary N) is 1. The van der Waals surface area contributed by atoms with E-state index in [9.17, 15) is 18.0 Å². The number of benzene rings is 1. The van der Waals surface area contributed by atoms with Crippen molar-refractivity contribution in [3.05, 3.63) is 52.8 Å². The zero-order chi connectivity index (χ0) is 25.9. The molecule has 9 nitrogen and oxygen atoms in total. The van der Waals surface area contributed by atoms with E-state index in [4.69, 9.17) is 24.9 Å². The normalized spacial score (nSPS) is 20.7. The van der Waals surface area contributed by atoms with Crippen LogP contribution in [0.5, 0.6) is 0 Å². The summed E-state index contributed by atoms with van der Waals surface area (Å²) >= 11 is 0. The Morgan fingerprint density at radius 2 is 1.97 bits per heavy atom. The number of amides is 1. The lowest BCUT2D eigenvalue weighted by atomic mass is 9.80. The van der Waals surface area contributed by atoms with Crippen LogP contribution in [0, 0.1) is 11.3 Å². The van der Waals surface area contributed by atoms with Gasteiger partial charge in [-0.3, -0.25) is 4.79 Å². The predicted octanol–water partition coefficient (Wildman–Crippen LogP) is 2.80. The van der Waals surface area contributed by atoms with Gasteiger partial charge in [0.15, 0.2) is 0 Å². The molecule has 2 fully saturated rings. The van der Waals surface area contributed by atoms with Crippen molar-refractivity contribution < 1.29 is 32.6 Å². The molecule has 5 rings (SSSR count). The smallest absolute Gasteiger partial charge is 0.475 e. The highest BCUT2D eigenvalue weighted by atomic mass is 19.4. The number of hydrogen-bond acceptors (Lipinski definition) is 7. The molecule has 1 atom stereocenters. The van der Waals surface area contributed by atoms with Crippen LogP contribution in [0.3, 0.4) is 0 Å². The fraction of sp³-hybridized carbons (Fsp3) is 0.458. The fourth-order valence-corrected chi connectivity index (χ4v) is 4.26. The Balaban J connectivity index is 0.000000384. The number of rotatable bonds is 4. The molecule has 3 aliphatic rings. The SMILES string of the molecule is N#Cc1ccc(CC(=O)N2CCC3(COCc4cnc(NC5CC5)nc43)C2)cc1.O=C(O)C(F)(F)F. The number of aliphatic carboxylic acids is 1. The van der Waals surface area contributed by atoms with Gasteiger partial charge in [0.1, 0.15) is 0 Å². The summed E-state index contributed by atoms with van der Waals surface area (Å²) in [6.07, 6.45) is 0.320. The minimum absolute atomic E-state index is 0.101. The van der Waals surface area contributed by atoms with Crippen LogP contribution in [-0.2, 0) is 32.8 Å². The quantitative estimate of drug-likeness (QED) is 0.652. The van der Waals surface area contributed by atoms with Crippen molar-refractivity contribution in [3.63, 3.8) is 0 Å². The minimum atomic E-state index is -5.08. The Morgan fingerprint density at radius 3 is 2.58 bits per heavy atom. The number of fused-ring (bicyclic) bond motifs is 2. The largest absolute Gasteiger partial charge is 0.490 e. The zero-order valence-electron chi connectivity index (χ0n) is 19.2. The highest BCUT2D eigenvalue weighted by Gasteiger charge is 2.46. The van der Waals surface area contributed by atoms with Gasteiger partial charge in [-0.05, 0) is 37.0 Å². The van der Waals surface area contributed by atoms with E-state index in [1.54, 1.807) is 12.1 Å². The molecule has 1 saturated carbocycles. The van der Waals surface area contributed by atoms with Crippen LogP contribution < -0.4 is 5.32 Å². The second-order valence-electron chi connectivity index (χ2n) is 9.11. The average Bonchev–Trinajstić information content (AvgIpc) is 3.56. The summed E-state index contributed by atoms with van der Waals surface area (Å²) in [6.45, 7) is 2.43. The Kier molecular flexibility index (Phi) is 7.12. The number of aromatic nitrogens is 2. The Bertz CT molecular complexity index is 1180. The molecule has 1 aromatic heterocycles. The molecule has 2 N–H and O–H groups in total. The number of alkyl halides is 3. The van der Waals surface area contributed by atoms with E-state index in [1.165, 1.54) is 12.8 Å². The molecule has 36 heavy (non-hydrogen) atoms. The number of ether oxygens (including phenoxy) is 1. The molecule has 0 radical (unpaired) electrons. The fourth-order valence-electron chi connectivity index (χ4n) is 4.26. The van der Waals surface area contributed by atoms with E-state index >= 15 is 0 Å².